The monoisotopic (exact) mass is 380 g/mol. The Morgan fingerprint density at radius 2 is 1.59 bits per heavy atom. The molecule has 0 radical (unpaired) electrons. The number of fused-ring (bicyclic) bond motifs is 5. The van der Waals surface area contributed by atoms with Crippen molar-refractivity contribution in [2.75, 3.05) is 0 Å². The third-order valence-corrected chi connectivity index (χ3v) is 6.16. The largest absolute Gasteiger partial charge is 0.309 e. The molecule has 136 valence electrons. The topological polar surface area (TPSA) is 86.6 Å². The highest BCUT2D eigenvalue weighted by Gasteiger charge is 2.27. The lowest BCUT2D eigenvalue weighted by Crippen LogP contribution is -2.10. The molecule has 5 aromatic rings. The predicted molar refractivity (Wildman–Crippen MR) is 100 cm³/mol. The molecule has 5 rings (SSSR count). The highest BCUT2D eigenvalue weighted by molar-refractivity contribution is 7.90. The molecule has 0 unspecified atom stereocenters. The van der Waals surface area contributed by atoms with Crippen LogP contribution in [0.15, 0.2) is 59.8 Å². The normalized spacial score (nSPS) is 12.5. The summed E-state index contributed by atoms with van der Waals surface area (Å²) in [6.07, 6.45) is 0. The Hall–Kier alpha value is -3.20. The van der Waals surface area contributed by atoms with Crippen LogP contribution in [-0.2, 0) is 22.1 Å². The van der Waals surface area contributed by atoms with Gasteiger partial charge in [-0.1, -0.05) is 42.5 Å². The average molecular weight is 380 g/mol. The van der Waals surface area contributed by atoms with Crippen LogP contribution in [0.3, 0.4) is 0 Å². The molecule has 27 heavy (non-hydrogen) atoms. The molecule has 9 heteroatoms. The maximum absolute atomic E-state index is 12.9. The first-order valence-electron chi connectivity index (χ1n) is 8.58. The summed E-state index contributed by atoms with van der Waals surface area (Å²) in [6, 6.07) is 16.9. The molecule has 3 aromatic heterocycles. The van der Waals surface area contributed by atoms with Gasteiger partial charge in [0.1, 0.15) is 0 Å². The quantitative estimate of drug-likeness (QED) is 0.478. The molecule has 0 aliphatic heterocycles. The Labute approximate surface area is 154 Å². The Balaban J connectivity index is 1.75. The lowest BCUT2D eigenvalue weighted by Gasteiger charge is -2.01. The van der Waals surface area contributed by atoms with Crippen LogP contribution < -0.4 is 0 Å². The standard InChI is InChI=1S/C18H16N6O2S/c1-2-22-14-10-6-7-11-15(14)23-16-19-20-18(24(16)21-17(22)23)27(25,26)12-13-8-4-3-5-9-13/h3-11H,2,12H2,1H3. The highest BCUT2D eigenvalue weighted by atomic mass is 32.2. The fourth-order valence-electron chi connectivity index (χ4n) is 3.45. The van der Waals surface area contributed by atoms with Crippen LogP contribution in [0.25, 0.3) is 22.6 Å². The molecule has 0 saturated carbocycles. The summed E-state index contributed by atoms with van der Waals surface area (Å²) in [4.78, 5) is 0. The van der Waals surface area contributed by atoms with Crippen molar-refractivity contribution in [2.24, 2.45) is 0 Å². The summed E-state index contributed by atoms with van der Waals surface area (Å²) in [6.45, 7) is 2.73. The molecule has 0 amide bonds. The van der Waals surface area contributed by atoms with Crippen molar-refractivity contribution in [1.82, 2.24) is 28.8 Å². The van der Waals surface area contributed by atoms with Gasteiger partial charge in [-0.05, 0) is 24.6 Å². The predicted octanol–water partition coefficient (Wildman–Crippen LogP) is 2.33. The Morgan fingerprint density at radius 1 is 0.889 bits per heavy atom. The summed E-state index contributed by atoms with van der Waals surface area (Å²) in [5, 5.41) is 12.5. The molecule has 0 saturated heterocycles. The number of benzene rings is 2. The summed E-state index contributed by atoms with van der Waals surface area (Å²) >= 11 is 0. The fraction of sp³-hybridized carbons (Fsp3) is 0.167. The Bertz CT molecular complexity index is 1400. The average Bonchev–Trinajstić information content (AvgIpc) is 3.30. The van der Waals surface area contributed by atoms with E-state index in [1.54, 1.807) is 12.1 Å². The van der Waals surface area contributed by atoms with Crippen molar-refractivity contribution in [3.05, 3.63) is 60.2 Å². The maximum atomic E-state index is 12.9. The fourth-order valence-corrected chi connectivity index (χ4v) is 4.76. The van der Waals surface area contributed by atoms with Crippen molar-refractivity contribution in [2.45, 2.75) is 24.4 Å². The number of para-hydroxylation sites is 2. The maximum Gasteiger partial charge on any atom is 0.272 e. The number of rotatable bonds is 4. The van der Waals surface area contributed by atoms with Gasteiger partial charge >= 0.3 is 0 Å². The SMILES string of the molecule is CCn1c2ccccc2n2c1nn1c(S(=O)(=O)Cc3ccccc3)nnc12. The van der Waals surface area contributed by atoms with Crippen molar-refractivity contribution in [3.8, 4) is 0 Å². The van der Waals surface area contributed by atoms with Gasteiger partial charge in [-0.2, -0.15) is 4.52 Å². The summed E-state index contributed by atoms with van der Waals surface area (Å²) < 4.78 is 31.0. The minimum Gasteiger partial charge on any atom is -0.309 e. The summed E-state index contributed by atoms with van der Waals surface area (Å²) in [7, 11) is -3.69. The van der Waals surface area contributed by atoms with Gasteiger partial charge in [-0.15, -0.1) is 15.3 Å². The molecule has 2 aromatic carbocycles. The zero-order chi connectivity index (χ0) is 18.6. The lowest BCUT2D eigenvalue weighted by molar-refractivity contribution is 0.580. The van der Waals surface area contributed by atoms with Crippen LogP contribution in [0.5, 0.6) is 0 Å². The molecule has 3 heterocycles. The number of nitrogens with zero attached hydrogens (tertiary/aromatic N) is 6. The van der Waals surface area contributed by atoms with Crippen molar-refractivity contribution < 1.29 is 8.42 Å². The number of hydrogen-bond acceptors (Lipinski definition) is 5. The molecular weight excluding hydrogens is 364 g/mol. The highest BCUT2D eigenvalue weighted by Crippen LogP contribution is 2.24. The van der Waals surface area contributed by atoms with Gasteiger partial charge in [0.2, 0.25) is 15.6 Å². The number of aryl methyl sites for hydroxylation is 1. The van der Waals surface area contributed by atoms with E-state index in [4.69, 9.17) is 0 Å². The first-order valence-corrected chi connectivity index (χ1v) is 10.2. The third-order valence-electron chi connectivity index (χ3n) is 4.63. The van der Waals surface area contributed by atoms with E-state index in [0.717, 1.165) is 11.0 Å². The Kier molecular flexibility index (Phi) is 3.35. The minimum absolute atomic E-state index is 0.142. The van der Waals surface area contributed by atoms with E-state index < -0.39 is 9.84 Å². The van der Waals surface area contributed by atoms with E-state index in [9.17, 15) is 8.42 Å². The molecule has 0 aliphatic rings. The van der Waals surface area contributed by atoms with Gasteiger partial charge in [-0.3, -0.25) is 0 Å². The van der Waals surface area contributed by atoms with E-state index in [2.05, 4.69) is 15.3 Å². The van der Waals surface area contributed by atoms with Gasteiger partial charge in [0, 0.05) is 6.54 Å². The number of imidazole rings is 1. The molecule has 0 N–H and O–H groups in total. The van der Waals surface area contributed by atoms with Gasteiger partial charge in [0.15, 0.2) is 0 Å². The number of aromatic nitrogens is 6. The van der Waals surface area contributed by atoms with E-state index in [0.29, 0.717) is 23.7 Å². The molecule has 0 fully saturated rings. The minimum atomic E-state index is -3.69. The Morgan fingerprint density at radius 3 is 2.33 bits per heavy atom. The van der Waals surface area contributed by atoms with Crippen LogP contribution in [-0.4, -0.2) is 37.2 Å². The summed E-state index contributed by atoms with van der Waals surface area (Å²) in [5.74, 6) is 0.880. The molecule has 0 aliphatic carbocycles. The van der Waals surface area contributed by atoms with Crippen molar-refractivity contribution in [1.29, 1.82) is 0 Å². The van der Waals surface area contributed by atoms with E-state index in [-0.39, 0.29) is 10.9 Å². The first-order chi connectivity index (χ1) is 13.1. The van der Waals surface area contributed by atoms with E-state index >= 15 is 0 Å². The lowest BCUT2D eigenvalue weighted by atomic mass is 10.2. The van der Waals surface area contributed by atoms with Crippen LogP contribution in [0.4, 0.5) is 0 Å². The summed E-state index contributed by atoms with van der Waals surface area (Å²) in [5.41, 5.74) is 2.62. The molecule has 8 nitrogen and oxygen atoms in total. The second kappa shape index (κ2) is 5.65. The molecule has 0 spiro atoms. The molecule has 0 bridgehead atoms. The third kappa shape index (κ3) is 2.28. The molecular formula is C18H16N6O2S. The zero-order valence-electron chi connectivity index (χ0n) is 14.5. The van der Waals surface area contributed by atoms with Gasteiger partial charge in [0.25, 0.3) is 10.9 Å². The van der Waals surface area contributed by atoms with Crippen molar-refractivity contribution in [3.63, 3.8) is 0 Å². The van der Waals surface area contributed by atoms with E-state index in [1.165, 1.54) is 4.52 Å². The smallest absolute Gasteiger partial charge is 0.272 e. The van der Waals surface area contributed by atoms with E-state index in [1.807, 2.05) is 58.4 Å². The van der Waals surface area contributed by atoms with Crippen molar-refractivity contribution >= 4 is 32.4 Å². The van der Waals surface area contributed by atoms with Crippen LogP contribution in [0.1, 0.15) is 12.5 Å². The van der Waals surface area contributed by atoms with Crippen LogP contribution in [0, 0.1) is 0 Å². The first kappa shape index (κ1) is 16.0. The van der Waals surface area contributed by atoms with Gasteiger partial charge in [-0.25, -0.2) is 12.8 Å². The second-order valence-electron chi connectivity index (χ2n) is 6.31. The van der Waals surface area contributed by atoms with Crippen LogP contribution in [0.2, 0.25) is 0 Å². The number of hydrogen-bond donors (Lipinski definition) is 0. The molecule has 0 atom stereocenters. The zero-order valence-corrected chi connectivity index (χ0v) is 15.3. The van der Waals surface area contributed by atoms with Gasteiger partial charge in [0.05, 0.1) is 16.8 Å². The number of sulfone groups is 1. The van der Waals surface area contributed by atoms with Gasteiger partial charge < -0.3 is 4.57 Å². The second-order valence-corrected chi connectivity index (χ2v) is 8.19. The van der Waals surface area contributed by atoms with Crippen LogP contribution >= 0.6 is 0 Å².